The van der Waals surface area contributed by atoms with E-state index in [2.05, 4.69) is 31.5 Å². The first-order chi connectivity index (χ1) is 12.2. The molecule has 7 nitrogen and oxygen atoms in total. The number of aromatic nitrogens is 3. The molecule has 0 radical (unpaired) electrons. The Bertz CT molecular complexity index is 773. The van der Waals surface area contributed by atoms with Gasteiger partial charge in [-0.05, 0) is 19.4 Å². The van der Waals surface area contributed by atoms with Gasteiger partial charge in [-0.1, -0.05) is 18.2 Å². The third-order valence-corrected chi connectivity index (χ3v) is 5.02. The molecule has 3 heterocycles. The normalized spacial score (nSPS) is 19.0. The van der Waals surface area contributed by atoms with Crippen LogP contribution in [0.4, 0.5) is 4.79 Å². The maximum absolute atomic E-state index is 12.2. The SMILES string of the molecule is CC(NC(=O)NCCc1nnc2n1CCC2)C1COc2ccccc21. The monoisotopic (exact) mass is 341 g/mol. The zero-order valence-electron chi connectivity index (χ0n) is 14.4. The largest absolute Gasteiger partial charge is 0.493 e. The van der Waals surface area contributed by atoms with Gasteiger partial charge in [-0.15, -0.1) is 10.2 Å². The molecule has 0 aliphatic carbocycles. The van der Waals surface area contributed by atoms with Gasteiger partial charge in [-0.3, -0.25) is 0 Å². The summed E-state index contributed by atoms with van der Waals surface area (Å²) in [6, 6.07) is 7.85. The number of nitrogens with zero attached hydrogens (tertiary/aromatic N) is 3. The molecule has 0 spiro atoms. The van der Waals surface area contributed by atoms with Gasteiger partial charge in [0.05, 0.1) is 6.61 Å². The van der Waals surface area contributed by atoms with Crippen molar-refractivity contribution in [2.24, 2.45) is 0 Å². The lowest BCUT2D eigenvalue weighted by atomic mass is 9.94. The fraction of sp³-hybridized carbons (Fsp3) is 0.500. The van der Waals surface area contributed by atoms with Gasteiger partial charge in [-0.2, -0.15) is 0 Å². The molecule has 4 rings (SSSR count). The highest BCUT2D eigenvalue weighted by Gasteiger charge is 2.29. The summed E-state index contributed by atoms with van der Waals surface area (Å²) < 4.78 is 7.86. The lowest BCUT2D eigenvalue weighted by Crippen LogP contribution is -2.44. The summed E-state index contributed by atoms with van der Waals surface area (Å²) in [4.78, 5) is 12.2. The molecule has 2 atom stereocenters. The maximum atomic E-state index is 12.2. The van der Waals surface area contributed by atoms with Crippen LogP contribution in [0.25, 0.3) is 0 Å². The number of benzene rings is 1. The Morgan fingerprint density at radius 2 is 2.28 bits per heavy atom. The fourth-order valence-electron chi connectivity index (χ4n) is 3.64. The lowest BCUT2D eigenvalue weighted by molar-refractivity contribution is 0.233. The highest BCUT2D eigenvalue weighted by atomic mass is 16.5. The molecule has 2 aliphatic heterocycles. The number of amides is 2. The fourth-order valence-corrected chi connectivity index (χ4v) is 3.64. The number of hydrogen-bond acceptors (Lipinski definition) is 4. The summed E-state index contributed by atoms with van der Waals surface area (Å²) in [5.41, 5.74) is 1.16. The van der Waals surface area contributed by atoms with E-state index in [4.69, 9.17) is 4.74 Å². The van der Waals surface area contributed by atoms with Gasteiger partial charge in [0.15, 0.2) is 0 Å². The maximum Gasteiger partial charge on any atom is 0.315 e. The smallest absolute Gasteiger partial charge is 0.315 e. The highest BCUT2D eigenvalue weighted by Crippen LogP contribution is 2.35. The van der Waals surface area contributed by atoms with E-state index < -0.39 is 0 Å². The highest BCUT2D eigenvalue weighted by molar-refractivity contribution is 5.74. The van der Waals surface area contributed by atoms with E-state index in [0.29, 0.717) is 19.6 Å². The Morgan fingerprint density at radius 3 is 3.20 bits per heavy atom. The van der Waals surface area contributed by atoms with Gasteiger partial charge in [0.25, 0.3) is 0 Å². The Labute approximate surface area is 146 Å². The van der Waals surface area contributed by atoms with Crippen LogP contribution in [-0.2, 0) is 19.4 Å². The number of rotatable bonds is 5. The number of aryl methyl sites for hydroxylation is 1. The second-order valence-corrected chi connectivity index (χ2v) is 6.68. The number of fused-ring (bicyclic) bond motifs is 2. The molecule has 132 valence electrons. The topological polar surface area (TPSA) is 81.1 Å². The molecule has 2 amide bonds. The van der Waals surface area contributed by atoms with Crippen LogP contribution in [0.5, 0.6) is 5.75 Å². The summed E-state index contributed by atoms with van der Waals surface area (Å²) >= 11 is 0. The molecule has 0 saturated heterocycles. The van der Waals surface area contributed by atoms with Crippen molar-refractivity contribution in [2.45, 2.75) is 44.7 Å². The van der Waals surface area contributed by atoms with E-state index in [9.17, 15) is 4.79 Å². The van der Waals surface area contributed by atoms with Crippen LogP contribution in [0.2, 0.25) is 0 Å². The molecule has 0 bridgehead atoms. The Kier molecular flexibility index (Phi) is 4.29. The van der Waals surface area contributed by atoms with E-state index in [0.717, 1.165) is 42.3 Å². The van der Waals surface area contributed by atoms with Crippen molar-refractivity contribution in [3.63, 3.8) is 0 Å². The van der Waals surface area contributed by atoms with E-state index in [1.54, 1.807) is 0 Å². The van der Waals surface area contributed by atoms with Crippen LogP contribution in [0.1, 0.15) is 36.5 Å². The predicted octanol–water partition coefficient (Wildman–Crippen LogP) is 1.63. The first-order valence-corrected chi connectivity index (χ1v) is 8.89. The molecule has 7 heteroatoms. The summed E-state index contributed by atoms with van der Waals surface area (Å²) in [5, 5.41) is 14.3. The second kappa shape index (κ2) is 6.74. The minimum atomic E-state index is -0.155. The zero-order chi connectivity index (χ0) is 17.2. The van der Waals surface area contributed by atoms with Gasteiger partial charge in [0, 0.05) is 43.5 Å². The van der Waals surface area contributed by atoms with Gasteiger partial charge in [0.1, 0.15) is 17.4 Å². The third kappa shape index (κ3) is 3.18. The molecule has 0 fully saturated rings. The average Bonchev–Trinajstić information content (AvgIpc) is 3.30. The third-order valence-electron chi connectivity index (χ3n) is 5.02. The number of nitrogens with one attached hydrogen (secondary N) is 2. The Hall–Kier alpha value is -2.57. The summed E-state index contributed by atoms with van der Waals surface area (Å²) in [6.07, 6.45) is 2.84. The van der Waals surface area contributed by atoms with Crippen molar-refractivity contribution in [3.8, 4) is 5.75 Å². The first kappa shape index (κ1) is 15.9. The summed E-state index contributed by atoms with van der Waals surface area (Å²) in [5.74, 6) is 3.12. The lowest BCUT2D eigenvalue weighted by Gasteiger charge is -2.20. The van der Waals surface area contributed by atoms with Gasteiger partial charge in [-0.25, -0.2) is 4.79 Å². The van der Waals surface area contributed by atoms with Crippen molar-refractivity contribution in [1.82, 2.24) is 25.4 Å². The predicted molar refractivity (Wildman–Crippen MR) is 92.7 cm³/mol. The molecule has 2 aromatic rings. The first-order valence-electron chi connectivity index (χ1n) is 8.89. The Morgan fingerprint density at radius 1 is 1.40 bits per heavy atom. The van der Waals surface area contributed by atoms with Crippen molar-refractivity contribution < 1.29 is 9.53 Å². The van der Waals surface area contributed by atoms with Gasteiger partial charge < -0.3 is 19.9 Å². The molecule has 2 N–H and O–H groups in total. The quantitative estimate of drug-likeness (QED) is 0.866. The molecule has 2 aliphatic rings. The van der Waals surface area contributed by atoms with E-state index in [-0.39, 0.29) is 18.0 Å². The minimum absolute atomic E-state index is 0.000916. The van der Waals surface area contributed by atoms with Crippen LogP contribution in [0.15, 0.2) is 24.3 Å². The van der Waals surface area contributed by atoms with Gasteiger partial charge in [0.2, 0.25) is 0 Å². The molecule has 0 saturated carbocycles. The number of carbonyl (C=O) groups is 1. The molecule has 2 unspecified atom stereocenters. The standard InChI is InChI=1S/C18H23N5O2/c1-12(14-11-25-15-6-3-2-5-13(14)15)20-18(24)19-9-8-17-22-21-16-7-4-10-23(16)17/h2-3,5-6,12,14H,4,7-11H2,1H3,(H2,19,20,24). The Balaban J connectivity index is 1.26. The van der Waals surface area contributed by atoms with Gasteiger partial charge >= 0.3 is 6.03 Å². The van der Waals surface area contributed by atoms with Crippen LogP contribution in [0.3, 0.4) is 0 Å². The molecule has 1 aromatic carbocycles. The molecular formula is C18H23N5O2. The zero-order valence-corrected chi connectivity index (χ0v) is 14.4. The number of carbonyl (C=O) groups excluding carboxylic acids is 1. The van der Waals surface area contributed by atoms with E-state index in [1.165, 1.54) is 0 Å². The minimum Gasteiger partial charge on any atom is -0.493 e. The van der Waals surface area contributed by atoms with E-state index in [1.807, 2.05) is 25.1 Å². The van der Waals surface area contributed by atoms with Crippen LogP contribution in [0, 0.1) is 0 Å². The van der Waals surface area contributed by atoms with Crippen LogP contribution < -0.4 is 15.4 Å². The van der Waals surface area contributed by atoms with Crippen molar-refractivity contribution in [1.29, 1.82) is 0 Å². The number of urea groups is 1. The summed E-state index contributed by atoms with van der Waals surface area (Å²) in [6.45, 7) is 4.16. The van der Waals surface area contributed by atoms with Crippen molar-refractivity contribution in [2.75, 3.05) is 13.2 Å². The molecule has 1 aromatic heterocycles. The van der Waals surface area contributed by atoms with Crippen LogP contribution >= 0.6 is 0 Å². The number of ether oxygens (including phenoxy) is 1. The van der Waals surface area contributed by atoms with Crippen molar-refractivity contribution in [3.05, 3.63) is 41.5 Å². The second-order valence-electron chi connectivity index (χ2n) is 6.68. The van der Waals surface area contributed by atoms with Crippen LogP contribution in [-0.4, -0.2) is 40.0 Å². The molecule has 25 heavy (non-hydrogen) atoms. The summed E-state index contributed by atoms with van der Waals surface area (Å²) in [7, 11) is 0. The number of hydrogen-bond donors (Lipinski definition) is 2. The average molecular weight is 341 g/mol. The molecular weight excluding hydrogens is 318 g/mol. The van der Waals surface area contributed by atoms with Crippen molar-refractivity contribution >= 4 is 6.03 Å². The van der Waals surface area contributed by atoms with E-state index >= 15 is 0 Å². The number of para-hydroxylation sites is 1.